The number of hydrogen-bond donors (Lipinski definition) is 2. The van der Waals surface area contributed by atoms with Gasteiger partial charge in [0.15, 0.2) is 0 Å². The molecule has 4 nitrogen and oxygen atoms in total. The Hall–Kier alpha value is -9.68. The van der Waals surface area contributed by atoms with Crippen molar-refractivity contribution < 1.29 is 0 Å². The van der Waals surface area contributed by atoms with Crippen LogP contribution in [-0.4, -0.2) is 5.54 Å². The van der Waals surface area contributed by atoms with Crippen LogP contribution in [0.15, 0.2) is 286 Å². The second-order valence-corrected chi connectivity index (χ2v) is 21.8. The fourth-order valence-corrected chi connectivity index (χ4v) is 12.5. The van der Waals surface area contributed by atoms with Gasteiger partial charge < -0.3 is 20.4 Å². The molecule has 2 heterocycles. The minimum Gasteiger partial charge on any atom is -0.376 e. The summed E-state index contributed by atoms with van der Waals surface area (Å²) in [6, 6.07) is 83.4. The van der Waals surface area contributed by atoms with Crippen LogP contribution in [0.5, 0.6) is 0 Å². The SMILES string of the molecule is C=C1/C=C\C=C/N(c2cccc(N(c3ccc(-c4ccc(NC5(C)C=CC=CC5)c(-c5ccccc5)c4)cc3)c3ccccc3C)c2)c2ccc3c(sc4ccc(-c5cccc(Nc6ccccc6-c6ccccc6)c5)cc43)c21. The van der Waals surface area contributed by atoms with E-state index in [0.717, 1.165) is 79.7 Å². The third-order valence-corrected chi connectivity index (χ3v) is 16.5. The average Bonchev–Trinajstić information content (AvgIpc) is 4.14. The van der Waals surface area contributed by atoms with E-state index < -0.39 is 0 Å². The normalized spacial score (nSPS) is 15.6. The van der Waals surface area contributed by atoms with E-state index in [-0.39, 0.29) is 5.54 Å². The van der Waals surface area contributed by atoms with Crippen LogP contribution >= 0.6 is 11.3 Å². The molecule has 79 heavy (non-hydrogen) atoms. The van der Waals surface area contributed by atoms with Crippen molar-refractivity contribution in [2.24, 2.45) is 0 Å². The average molecular weight is 1040 g/mol. The molecule has 0 bridgehead atoms. The molecular weight excluding hydrogens is 977 g/mol. The summed E-state index contributed by atoms with van der Waals surface area (Å²) in [6.07, 6.45) is 18.2. The number of aryl methyl sites for hydroxylation is 1. The van der Waals surface area contributed by atoms with Crippen LogP contribution in [0.2, 0.25) is 0 Å². The lowest BCUT2D eigenvalue weighted by Crippen LogP contribution is -2.32. The van der Waals surface area contributed by atoms with Crippen LogP contribution in [0.25, 0.3) is 70.3 Å². The Morgan fingerprint density at radius 2 is 1.24 bits per heavy atom. The van der Waals surface area contributed by atoms with Crippen LogP contribution in [0, 0.1) is 6.92 Å². The first-order chi connectivity index (χ1) is 38.8. The maximum Gasteiger partial charge on any atom is 0.0565 e. The minimum atomic E-state index is -0.168. The van der Waals surface area contributed by atoms with E-state index in [2.05, 4.69) is 314 Å². The summed E-state index contributed by atoms with van der Waals surface area (Å²) in [6.45, 7) is 9.14. The molecule has 0 amide bonds. The minimum absolute atomic E-state index is 0.168. The highest BCUT2D eigenvalue weighted by molar-refractivity contribution is 7.26. The molecule has 11 aromatic rings. The first-order valence-electron chi connectivity index (χ1n) is 27.1. The first kappa shape index (κ1) is 48.9. The predicted molar refractivity (Wildman–Crippen MR) is 341 cm³/mol. The Labute approximate surface area is 467 Å². The van der Waals surface area contributed by atoms with Crippen LogP contribution < -0.4 is 20.4 Å². The molecule has 1 aliphatic heterocycles. The molecule has 1 aliphatic carbocycles. The zero-order chi connectivity index (χ0) is 53.3. The first-order valence-corrected chi connectivity index (χ1v) is 27.9. The van der Waals surface area contributed by atoms with E-state index in [1.54, 1.807) is 0 Å². The van der Waals surface area contributed by atoms with Crippen LogP contribution in [0.3, 0.4) is 0 Å². The second kappa shape index (κ2) is 21.0. The standard InChI is InChI=1S/C74H58N4S/c1-51-21-11-14-33-69(51)78(60-38-34-53(35-39-60)57-36-41-68(76-74(3)44-16-6-17-45-74)65(48-57)55-25-9-5-10-26-55)62-30-20-29-61(50-62)77-46-18-15-22-52(2)72-70(77)42-40-64-66-49-58(37-43-71(66)79-73(64)72)56-27-19-28-59(47-56)75-67-32-13-12-31-63(67)54-23-7-4-8-24-54/h4-44,46-50,75-76H,2,45H2,1,3H3/b22-15-,46-18-. The molecule has 0 spiro atoms. The number of thiophene rings is 1. The second-order valence-electron chi connectivity index (χ2n) is 20.7. The smallest absolute Gasteiger partial charge is 0.0565 e. The number of rotatable bonds is 12. The van der Waals surface area contributed by atoms with Gasteiger partial charge in [-0.05, 0) is 156 Å². The summed E-state index contributed by atoms with van der Waals surface area (Å²) >= 11 is 1.84. The molecule has 1 aromatic heterocycles. The van der Waals surface area contributed by atoms with Gasteiger partial charge in [0.1, 0.15) is 0 Å². The van der Waals surface area contributed by atoms with Gasteiger partial charge in [0.05, 0.1) is 11.2 Å². The van der Waals surface area contributed by atoms with Crippen molar-refractivity contribution >= 4 is 82.6 Å². The molecule has 2 N–H and O–H groups in total. The topological polar surface area (TPSA) is 30.5 Å². The number of allylic oxidation sites excluding steroid dienone is 6. The molecule has 380 valence electrons. The molecule has 0 saturated carbocycles. The van der Waals surface area contributed by atoms with Crippen molar-refractivity contribution in [3.63, 3.8) is 0 Å². The van der Waals surface area contributed by atoms with Gasteiger partial charge in [0.2, 0.25) is 0 Å². The van der Waals surface area contributed by atoms with Crippen molar-refractivity contribution in [2.45, 2.75) is 25.8 Å². The number of hydrogen-bond acceptors (Lipinski definition) is 5. The number of anilines is 8. The molecule has 10 aromatic carbocycles. The zero-order valence-electron chi connectivity index (χ0n) is 44.3. The highest BCUT2D eigenvalue weighted by Crippen LogP contribution is 2.47. The van der Waals surface area contributed by atoms with Gasteiger partial charge in [0, 0.05) is 82.9 Å². The van der Waals surface area contributed by atoms with Gasteiger partial charge in [-0.25, -0.2) is 0 Å². The lowest BCUT2D eigenvalue weighted by molar-refractivity contribution is 0.641. The zero-order valence-corrected chi connectivity index (χ0v) is 45.1. The molecular formula is C74H58N4S. The molecule has 2 aliphatic rings. The number of benzene rings is 10. The molecule has 1 atom stereocenters. The lowest BCUT2D eigenvalue weighted by atomic mass is 9.91. The lowest BCUT2D eigenvalue weighted by Gasteiger charge is -2.31. The van der Waals surface area contributed by atoms with Crippen molar-refractivity contribution in [3.05, 3.63) is 297 Å². The van der Waals surface area contributed by atoms with Gasteiger partial charge >= 0.3 is 0 Å². The summed E-state index contributed by atoms with van der Waals surface area (Å²) in [5, 5.41) is 10.1. The third-order valence-electron chi connectivity index (χ3n) is 15.3. The van der Waals surface area contributed by atoms with E-state index in [1.807, 2.05) is 11.3 Å². The third kappa shape index (κ3) is 9.78. The summed E-state index contributed by atoms with van der Waals surface area (Å²) < 4.78 is 2.46. The van der Waals surface area contributed by atoms with E-state index in [0.29, 0.717) is 0 Å². The Bertz CT molecular complexity index is 4220. The number of fused-ring (bicyclic) bond motifs is 5. The summed E-state index contributed by atoms with van der Waals surface area (Å²) in [5.41, 5.74) is 21.1. The van der Waals surface area contributed by atoms with E-state index in [1.165, 1.54) is 53.6 Å². The van der Waals surface area contributed by atoms with E-state index in [4.69, 9.17) is 6.58 Å². The Balaban J connectivity index is 0.834. The van der Waals surface area contributed by atoms with E-state index >= 15 is 0 Å². The van der Waals surface area contributed by atoms with Crippen molar-refractivity contribution in [1.29, 1.82) is 0 Å². The highest BCUT2D eigenvalue weighted by atomic mass is 32.1. The quantitative estimate of drug-likeness (QED) is 0.128. The number of para-hydroxylation sites is 2. The molecule has 1 unspecified atom stereocenters. The Kier molecular flexibility index (Phi) is 13.0. The van der Waals surface area contributed by atoms with Gasteiger partial charge in [-0.15, -0.1) is 11.3 Å². The Morgan fingerprint density at radius 1 is 0.532 bits per heavy atom. The number of nitrogens with one attached hydrogen (secondary N) is 2. The number of nitrogens with zero attached hydrogens (tertiary/aromatic N) is 2. The van der Waals surface area contributed by atoms with E-state index in [9.17, 15) is 0 Å². The molecule has 0 radical (unpaired) electrons. The van der Waals surface area contributed by atoms with Gasteiger partial charge in [-0.1, -0.05) is 189 Å². The molecule has 0 fully saturated rings. The fraction of sp³-hybridized carbons (Fsp3) is 0.0541. The van der Waals surface area contributed by atoms with Crippen LogP contribution in [0.1, 0.15) is 24.5 Å². The summed E-state index contributed by atoms with van der Waals surface area (Å²) in [7, 11) is 0. The fourth-order valence-electron chi connectivity index (χ4n) is 11.3. The molecule has 0 saturated heterocycles. The van der Waals surface area contributed by atoms with Crippen LogP contribution in [-0.2, 0) is 0 Å². The highest BCUT2D eigenvalue weighted by Gasteiger charge is 2.24. The Morgan fingerprint density at radius 3 is 2.05 bits per heavy atom. The summed E-state index contributed by atoms with van der Waals surface area (Å²) in [4.78, 5) is 4.70. The van der Waals surface area contributed by atoms with Gasteiger partial charge in [-0.2, -0.15) is 0 Å². The van der Waals surface area contributed by atoms with Crippen molar-refractivity contribution in [2.75, 3.05) is 20.4 Å². The molecule has 13 rings (SSSR count). The van der Waals surface area contributed by atoms with Crippen LogP contribution in [0.4, 0.5) is 45.5 Å². The molecule has 5 heteroatoms. The van der Waals surface area contributed by atoms with Crippen molar-refractivity contribution in [3.8, 4) is 44.5 Å². The van der Waals surface area contributed by atoms with Gasteiger partial charge in [0.25, 0.3) is 0 Å². The predicted octanol–water partition coefficient (Wildman–Crippen LogP) is 21.2. The maximum absolute atomic E-state index is 4.69. The largest absolute Gasteiger partial charge is 0.376 e. The monoisotopic (exact) mass is 1030 g/mol. The summed E-state index contributed by atoms with van der Waals surface area (Å²) in [5.74, 6) is 0. The maximum atomic E-state index is 4.69. The van der Waals surface area contributed by atoms with Crippen molar-refractivity contribution in [1.82, 2.24) is 0 Å². The van der Waals surface area contributed by atoms with Gasteiger partial charge in [-0.3, -0.25) is 0 Å².